The Labute approximate surface area is 233 Å². The fraction of sp³-hybridized carbons (Fsp3) is 0.421. The van der Waals surface area contributed by atoms with Gasteiger partial charge in [0.05, 0.1) is 0 Å². The van der Waals surface area contributed by atoms with Crippen LogP contribution in [0.2, 0.25) is 0 Å². The highest BCUT2D eigenvalue weighted by Gasteiger charge is 2.22. The second-order valence-electron chi connectivity index (χ2n) is 12.4. The zero-order chi connectivity index (χ0) is 27.8. The van der Waals surface area contributed by atoms with Gasteiger partial charge in [0.2, 0.25) is 0 Å². The average Bonchev–Trinajstić information content (AvgIpc) is 3.15. The molecule has 198 valence electrons. The Morgan fingerprint density at radius 1 is 0.500 bits per heavy atom. The van der Waals surface area contributed by atoms with Gasteiger partial charge in [-0.2, -0.15) is 0 Å². The third kappa shape index (κ3) is 8.96. The maximum atomic E-state index is 3.51. The highest BCUT2D eigenvalue weighted by molar-refractivity contribution is 5.56. The van der Waals surface area contributed by atoms with E-state index in [4.69, 9.17) is 0 Å². The van der Waals surface area contributed by atoms with Crippen LogP contribution in [0.3, 0.4) is 0 Å². The van der Waals surface area contributed by atoms with Crippen LogP contribution in [0.15, 0.2) is 106 Å². The molecule has 0 bridgehead atoms. The van der Waals surface area contributed by atoms with E-state index in [2.05, 4.69) is 152 Å². The van der Waals surface area contributed by atoms with Gasteiger partial charge >= 0.3 is 0 Å². The van der Waals surface area contributed by atoms with Crippen LogP contribution in [-0.4, -0.2) is 0 Å². The lowest BCUT2D eigenvalue weighted by molar-refractivity contribution is 0.473. The molecule has 2 atom stereocenters. The molecule has 0 saturated carbocycles. The molecule has 0 nitrogen and oxygen atoms in total. The summed E-state index contributed by atoms with van der Waals surface area (Å²) in [6.07, 6.45) is 32.6. The normalized spacial score (nSPS) is 26.0. The summed E-state index contributed by atoms with van der Waals surface area (Å²) in [4.78, 5) is 0. The maximum Gasteiger partial charge on any atom is 0.0218 e. The van der Waals surface area contributed by atoms with Crippen LogP contribution in [0.1, 0.15) is 87.5 Å². The van der Waals surface area contributed by atoms with E-state index in [9.17, 15) is 0 Å². The van der Waals surface area contributed by atoms with E-state index in [1.165, 1.54) is 24.0 Å². The minimum absolute atomic E-state index is 0.00633. The lowest BCUT2D eigenvalue weighted by atomic mass is 9.82. The Bertz CT molecular complexity index is 1310. The molecule has 0 amide bonds. The summed E-state index contributed by atoms with van der Waals surface area (Å²) in [6.45, 7) is 17.9. The van der Waals surface area contributed by atoms with E-state index in [-0.39, 0.29) is 16.2 Å². The molecule has 38 heavy (non-hydrogen) atoms. The molecule has 0 heteroatoms. The van der Waals surface area contributed by atoms with Gasteiger partial charge in [-0.3, -0.25) is 0 Å². The summed E-state index contributed by atoms with van der Waals surface area (Å²) in [5.41, 5.74) is 6.81. The fourth-order valence-electron chi connectivity index (χ4n) is 5.59. The highest BCUT2D eigenvalue weighted by Crippen LogP contribution is 2.34. The number of allylic oxidation sites excluding steroid dienone is 18. The van der Waals surface area contributed by atoms with E-state index in [0.717, 1.165) is 41.6 Å². The molecule has 0 aliphatic heterocycles. The van der Waals surface area contributed by atoms with Crippen molar-refractivity contribution in [1.82, 2.24) is 0 Å². The van der Waals surface area contributed by atoms with Gasteiger partial charge in [0.1, 0.15) is 0 Å². The van der Waals surface area contributed by atoms with Crippen LogP contribution in [0.4, 0.5) is 0 Å². The second-order valence-corrected chi connectivity index (χ2v) is 12.4. The van der Waals surface area contributed by atoms with Crippen molar-refractivity contribution in [3.05, 3.63) is 106 Å². The quantitative estimate of drug-likeness (QED) is 0.328. The van der Waals surface area contributed by atoms with Crippen LogP contribution in [0.5, 0.6) is 0 Å². The third-order valence-corrected chi connectivity index (χ3v) is 7.19. The van der Waals surface area contributed by atoms with Crippen LogP contribution in [0.25, 0.3) is 0 Å². The Morgan fingerprint density at radius 3 is 1.39 bits per heavy atom. The standard InChI is InChI=1S/C38H46/c1-9-11-23-38(8)28-34(17-16-32-14-12-30(3)24-36(5,6)26-32)20-21-35(29-38)19-18-33-15-13-31(4)25-37(7,27-33)22-10-2/h12-15,20-21,24-29H,9-11,22-23H2,1-8H3. The van der Waals surface area contributed by atoms with E-state index in [0.29, 0.717) is 0 Å². The highest BCUT2D eigenvalue weighted by atomic mass is 14.3. The van der Waals surface area contributed by atoms with Gasteiger partial charge in [0, 0.05) is 38.5 Å². The lowest BCUT2D eigenvalue weighted by Crippen LogP contribution is -2.10. The van der Waals surface area contributed by atoms with Crippen molar-refractivity contribution >= 4 is 0 Å². The summed E-state index contributed by atoms with van der Waals surface area (Å²) in [5.74, 6) is 13.9. The lowest BCUT2D eigenvalue weighted by Gasteiger charge is -2.22. The van der Waals surface area contributed by atoms with Gasteiger partial charge in [0.15, 0.2) is 0 Å². The Balaban J connectivity index is 1.94. The summed E-state index contributed by atoms with van der Waals surface area (Å²) in [6, 6.07) is 0. The molecule has 2 unspecified atom stereocenters. The monoisotopic (exact) mass is 502 g/mol. The number of unbranched alkanes of at least 4 members (excludes halogenated alkanes) is 1. The minimum Gasteiger partial charge on any atom is -0.0721 e. The fourth-order valence-corrected chi connectivity index (χ4v) is 5.59. The van der Waals surface area contributed by atoms with E-state index >= 15 is 0 Å². The first-order chi connectivity index (χ1) is 17.9. The van der Waals surface area contributed by atoms with Gasteiger partial charge < -0.3 is 0 Å². The van der Waals surface area contributed by atoms with Crippen LogP contribution in [-0.2, 0) is 0 Å². The predicted octanol–water partition coefficient (Wildman–Crippen LogP) is 10.3. The smallest absolute Gasteiger partial charge is 0.0218 e. The van der Waals surface area contributed by atoms with Gasteiger partial charge in [-0.25, -0.2) is 0 Å². The van der Waals surface area contributed by atoms with Crippen LogP contribution < -0.4 is 0 Å². The maximum absolute atomic E-state index is 3.51. The van der Waals surface area contributed by atoms with Crippen LogP contribution >= 0.6 is 0 Å². The summed E-state index contributed by atoms with van der Waals surface area (Å²) >= 11 is 0. The Morgan fingerprint density at radius 2 is 0.921 bits per heavy atom. The summed E-state index contributed by atoms with van der Waals surface area (Å²) in [5, 5.41) is 0. The third-order valence-electron chi connectivity index (χ3n) is 7.19. The predicted molar refractivity (Wildman–Crippen MR) is 167 cm³/mol. The molecule has 3 aliphatic carbocycles. The molecule has 0 aromatic heterocycles. The molecule has 0 fully saturated rings. The minimum atomic E-state index is -0.0822. The number of hydrogen-bond donors (Lipinski definition) is 0. The van der Waals surface area contributed by atoms with Crippen molar-refractivity contribution in [2.75, 3.05) is 0 Å². The Hall–Kier alpha value is -3.22. The van der Waals surface area contributed by atoms with E-state index in [1.807, 2.05) is 0 Å². The molecule has 0 saturated heterocycles. The van der Waals surface area contributed by atoms with Crippen molar-refractivity contribution in [1.29, 1.82) is 0 Å². The molecule has 0 N–H and O–H groups in total. The van der Waals surface area contributed by atoms with Crippen molar-refractivity contribution in [2.45, 2.75) is 87.5 Å². The van der Waals surface area contributed by atoms with E-state index < -0.39 is 0 Å². The van der Waals surface area contributed by atoms with E-state index in [1.54, 1.807) is 0 Å². The first kappa shape index (κ1) is 29.3. The largest absolute Gasteiger partial charge is 0.0721 e. The van der Waals surface area contributed by atoms with Crippen LogP contribution in [0, 0.1) is 39.9 Å². The molecule has 0 heterocycles. The molecule has 0 aromatic carbocycles. The van der Waals surface area contributed by atoms with Crippen molar-refractivity contribution in [3.8, 4) is 23.7 Å². The van der Waals surface area contributed by atoms with Gasteiger partial charge in [-0.05, 0) is 51.0 Å². The van der Waals surface area contributed by atoms with Gasteiger partial charge in [-0.1, -0.05) is 144 Å². The number of rotatable bonds is 5. The summed E-state index contributed by atoms with van der Waals surface area (Å²) in [7, 11) is 0. The van der Waals surface area contributed by atoms with Crippen molar-refractivity contribution in [2.24, 2.45) is 16.2 Å². The molecule has 0 aromatic rings. The molecule has 3 aliphatic rings. The molecule has 0 radical (unpaired) electrons. The molecule has 0 spiro atoms. The second kappa shape index (κ2) is 12.5. The summed E-state index contributed by atoms with van der Waals surface area (Å²) < 4.78 is 0. The zero-order valence-electron chi connectivity index (χ0n) is 25.0. The molecule has 3 rings (SSSR count). The number of hydrogen-bond acceptors (Lipinski definition) is 0. The average molecular weight is 503 g/mol. The molecular formula is C38H46. The van der Waals surface area contributed by atoms with Crippen molar-refractivity contribution < 1.29 is 0 Å². The Kier molecular flexibility index (Phi) is 9.69. The topological polar surface area (TPSA) is 0 Å². The zero-order valence-corrected chi connectivity index (χ0v) is 25.0. The first-order valence-corrected chi connectivity index (χ1v) is 14.3. The first-order valence-electron chi connectivity index (χ1n) is 14.3. The van der Waals surface area contributed by atoms with Gasteiger partial charge in [-0.15, -0.1) is 0 Å². The van der Waals surface area contributed by atoms with Crippen molar-refractivity contribution in [3.63, 3.8) is 0 Å². The SMILES string of the molecule is CCCCC1(C)C=C(C#CC2=CC(C)(C)C=C(C)C=C2)C=CC(C#CC2=CC(C)(CCC)C=C(C)C=C2)=C1. The van der Waals surface area contributed by atoms with Gasteiger partial charge in [0.25, 0.3) is 0 Å². The molecular weight excluding hydrogens is 456 g/mol.